The van der Waals surface area contributed by atoms with Crippen LogP contribution >= 0.6 is 0 Å². The molecule has 0 aliphatic heterocycles. The predicted octanol–water partition coefficient (Wildman–Crippen LogP) is 3.35. The second-order valence-corrected chi connectivity index (χ2v) is 2.66. The molecule has 0 radical (unpaired) electrons. The molecule has 0 heterocycles. The van der Waals surface area contributed by atoms with Crippen molar-refractivity contribution in [2.24, 2.45) is 11.8 Å². The monoisotopic (exact) mass is 148 g/mol. The molecule has 0 N–H and O–H groups in total. The molecule has 0 bridgehead atoms. The van der Waals surface area contributed by atoms with Crippen LogP contribution in [0, 0.1) is 11.8 Å². The van der Waals surface area contributed by atoms with Gasteiger partial charge in [0.1, 0.15) is 0 Å². The molecule has 1 atom stereocenters. The van der Waals surface area contributed by atoms with Crippen molar-refractivity contribution in [3.63, 3.8) is 0 Å². The third-order valence-corrected chi connectivity index (χ3v) is 1.78. The van der Waals surface area contributed by atoms with Crippen LogP contribution in [0.1, 0.15) is 6.92 Å². The van der Waals surface area contributed by atoms with Crippen molar-refractivity contribution in [2.75, 3.05) is 0 Å². The molecule has 0 aromatic rings. The maximum atomic E-state index is 3.88. The molecule has 0 nitrogen and oxygen atoms in total. The van der Waals surface area contributed by atoms with Gasteiger partial charge < -0.3 is 0 Å². The zero-order chi connectivity index (χ0) is 8.85. The third kappa shape index (κ3) is 2.58. The maximum absolute atomic E-state index is 3.88. The van der Waals surface area contributed by atoms with Crippen LogP contribution < -0.4 is 0 Å². The SMILES string of the molecule is C=CC(C=C)C(C=C)C(=C)C. The largest absolute Gasteiger partial charge is 0.102 e. The second kappa shape index (κ2) is 4.73. The molecule has 0 heteroatoms. The fraction of sp³-hybridized carbons (Fsp3) is 0.273. The van der Waals surface area contributed by atoms with Crippen LogP contribution in [0.3, 0.4) is 0 Å². The molecule has 1 unspecified atom stereocenters. The van der Waals surface area contributed by atoms with Crippen LogP contribution in [0.25, 0.3) is 0 Å². The summed E-state index contributed by atoms with van der Waals surface area (Å²) in [4.78, 5) is 0. The highest BCUT2D eigenvalue weighted by Crippen LogP contribution is 2.21. The highest BCUT2D eigenvalue weighted by molar-refractivity contribution is 5.14. The Hall–Kier alpha value is -1.04. The summed E-state index contributed by atoms with van der Waals surface area (Å²) in [5, 5.41) is 0. The fourth-order valence-corrected chi connectivity index (χ4v) is 1.08. The minimum Gasteiger partial charge on any atom is -0.102 e. The van der Waals surface area contributed by atoms with Gasteiger partial charge in [-0.25, -0.2) is 0 Å². The highest BCUT2D eigenvalue weighted by atomic mass is 14.2. The molecule has 0 aromatic carbocycles. The van der Waals surface area contributed by atoms with E-state index in [1.807, 2.05) is 25.2 Å². The van der Waals surface area contributed by atoms with Gasteiger partial charge in [0.25, 0.3) is 0 Å². The maximum Gasteiger partial charge on any atom is 0.00660 e. The summed E-state index contributed by atoms with van der Waals surface area (Å²) in [7, 11) is 0. The summed E-state index contributed by atoms with van der Waals surface area (Å²) >= 11 is 0. The summed E-state index contributed by atoms with van der Waals surface area (Å²) in [6, 6.07) is 0. The normalized spacial score (nSPS) is 12.2. The molecule has 0 aromatic heterocycles. The quantitative estimate of drug-likeness (QED) is 0.524. The Morgan fingerprint density at radius 2 is 1.55 bits per heavy atom. The predicted molar refractivity (Wildman–Crippen MR) is 52.4 cm³/mol. The van der Waals surface area contributed by atoms with Crippen LogP contribution in [-0.2, 0) is 0 Å². The first-order valence-electron chi connectivity index (χ1n) is 3.70. The highest BCUT2D eigenvalue weighted by Gasteiger charge is 2.11. The van der Waals surface area contributed by atoms with Gasteiger partial charge in [0.05, 0.1) is 0 Å². The molecule has 0 rings (SSSR count). The van der Waals surface area contributed by atoms with Crippen molar-refractivity contribution in [3.8, 4) is 0 Å². The van der Waals surface area contributed by atoms with E-state index in [9.17, 15) is 0 Å². The zero-order valence-corrected chi connectivity index (χ0v) is 7.22. The first kappa shape index (κ1) is 9.96. The minimum atomic E-state index is 0.269. The van der Waals surface area contributed by atoms with E-state index in [0.717, 1.165) is 5.57 Å². The van der Waals surface area contributed by atoms with Crippen molar-refractivity contribution in [3.05, 3.63) is 50.1 Å². The Balaban J connectivity index is 4.44. The number of hydrogen-bond acceptors (Lipinski definition) is 0. The molecule has 0 amide bonds. The lowest BCUT2D eigenvalue weighted by molar-refractivity contribution is 0.645. The summed E-state index contributed by atoms with van der Waals surface area (Å²) in [6.07, 6.45) is 5.62. The molecule has 0 aliphatic rings. The van der Waals surface area contributed by atoms with E-state index in [1.165, 1.54) is 0 Å². The van der Waals surface area contributed by atoms with Gasteiger partial charge in [0.2, 0.25) is 0 Å². The molecular weight excluding hydrogens is 132 g/mol. The molecular formula is C11H16. The lowest BCUT2D eigenvalue weighted by Gasteiger charge is -2.17. The van der Waals surface area contributed by atoms with Gasteiger partial charge in [-0.3, -0.25) is 0 Å². The molecule has 0 aliphatic carbocycles. The van der Waals surface area contributed by atoms with Gasteiger partial charge in [-0.2, -0.15) is 0 Å². The Labute approximate surface area is 69.6 Å². The fourth-order valence-electron chi connectivity index (χ4n) is 1.08. The second-order valence-electron chi connectivity index (χ2n) is 2.66. The van der Waals surface area contributed by atoms with Gasteiger partial charge in [0.15, 0.2) is 0 Å². The van der Waals surface area contributed by atoms with Crippen LogP contribution in [0.4, 0.5) is 0 Å². The Morgan fingerprint density at radius 1 is 1.09 bits per heavy atom. The summed E-state index contributed by atoms with van der Waals surface area (Å²) < 4.78 is 0. The lowest BCUT2D eigenvalue weighted by Crippen LogP contribution is -2.07. The standard InChI is InChI=1S/C11H16/c1-6-10(7-2)11(8-3)9(4)5/h6-8,10-11H,1-4H2,5H3. The Morgan fingerprint density at radius 3 is 1.64 bits per heavy atom. The average Bonchev–Trinajstić information content (AvgIpc) is 1.99. The molecule has 0 fully saturated rings. The smallest absolute Gasteiger partial charge is 0.00660 e. The van der Waals surface area contributed by atoms with Crippen LogP contribution in [0.5, 0.6) is 0 Å². The van der Waals surface area contributed by atoms with Crippen molar-refractivity contribution in [1.29, 1.82) is 0 Å². The first-order chi connectivity index (χ1) is 5.17. The van der Waals surface area contributed by atoms with Gasteiger partial charge in [-0.05, 0) is 6.92 Å². The zero-order valence-electron chi connectivity index (χ0n) is 7.22. The van der Waals surface area contributed by atoms with Crippen LogP contribution in [-0.4, -0.2) is 0 Å². The average molecular weight is 148 g/mol. The van der Waals surface area contributed by atoms with Crippen molar-refractivity contribution < 1.29 is 0 Å². The van der Waals surface area contributed by atoms with Crippen molar-refractivity contribution >= 4 is 0 Å². The van der Waals surface area contributed by atoms with Gasteiger partial charge >= 0.3 is 0 Å². The molecule has 0 saturated heterocycles. The van der Waals surface area contributed by atoms with Gasteiger partial charge in [0, 0.05) is 11.8 Å². The van der Waals surface area contributed by atoms with E-state index in [4.69, 9.17) is 0 Å². The first-order valence-corrected chi connectivity index (χ1v) is 3.70. The number of allylic oxidation sites excluding steroid dienone is 4. The van der Waals surface area contributed by atoms with Crippen molar-refractivity contribution in [1.82, 2.24) is 0 Å². The van der Waals surface area contributed by atoms with Crippen LogP contribution in [0.2, 0.25) is 0 Å². The van der Waals surface area contributed by atoms with Gasteiger partial charge in [-0.15, -0.1) is 19.7 Å². The van der Waals surface area contributed by atoms with Gasteiger partial charge in [-0.1, -0.05) is 30.4 Å². The molecule has 0 spiro atoms. The van der Waals surface area contributed by atoms with Crippen molar-refractivity contribution in [2.45, 2.75) is 6.92 Å². The summed E-state index contributed by atoms with van der Waals surface area (Å²) in [5.74, 6) is 0.551. The summed E-state index contributed by atoms with van der Waals surface area (Å²) in [5.41, 5.74) is 1.10. The third-order valence-electron chi connectivity index (χ3n) is 1.78. The summed E-state index contributed by atoms with van der Waals surface area (Å²) in [6.45, 7) is 17.1. The number of rotatable bonds is 5. The van der Waals surface area contributed by atoms with E-state index in [1.54, 1.807) is 0 Å². The molecule has 11 heavy (non-hydrogen) atoms. The topological polar surface area (TPSA) is 0 Å². The van der Waals surface area contributed by atoms with Crippen LogP contribution in [0.15, 0.2) is 50.1 Å². The van der Waals surface area contributed by atoms with E-state index >= 15 is 0 Å². The minimum absolute atomic E-state index is 0.269. The Bertz CT molecular complexity index is 166. The number of hydrogen-bond donors (Lipinski definition) is 0. The lowest BCUT2D eigenvalue weighted by atomic mass is 9.87. The van der Waals surface area contributed by atoms with E-state index in [-0.39, 0.29) is 11.8 Å². The molecule has 0 saturated carbocycles. The molecule has 60 valence electrons. The van der Waals surface area contributed by atoms with E-state index < -0.39 is 0 Å². The van der Waals surface area contributed by atoms with E-state index in [0.29, 0.717) is 0 Å². The Kier molecular flexibility index (Phi) is 4.28. The van der Waals surface area contributed by atoms with E-state index in [2.05, 4.69) is 26.3 Å².